The Morgan fingerprint density at radius 3 is 2.45 bits per heavy atom. The lowest BCUT2D eigenvalue weighted by atomic mass is 10.0. The Morgan fingerprint density at radius 1 is 1.20 bits per heavy atom. The van der Waals surface area contributed by atoms with E-state index in [0.717, 1.165) is 30.2 Å². The molecule has 0 aromatic heterocycles. The quantitative estimate of drug-likeness (QED) is 0.795. The van der Waals surface area contributed by atoms with Gasteiger partial charge in [0.05, 0.1) is 14.2 Å². The molecule has 114 valence electrons. The van der Waals surface area contributed by atoms with Crippen LogP contribution in [0.3, 0.4) is 0 Å². The number of likely N-dealkylation sites (N-methyl/N-ethyl adjacent to an activating group) is 1. The molecule has 0 heterocycles. The fraction of sp³-hybridized carbons (Fsp3) is 0.625. The summed E-state index contributed by atoms with van der Waals surface area (Å²) in [7, 11) is 5.43. The van der Waals surface area contributed by atoms with Crippen molar-refractivity contribution in [1.82, 2.24) is 4.90 Å². The molecule has 0 fully saturated rings. The molecule has 0 aliphatic carbocycles. The summed E-state index contributed by atoms with van der Waals surface area (Å²) in [4.78, 5) is 2.27. The number of benzene rings is 1. The molecule has 1 unspecified atom stereocenters. The lowest BCUT2D eigenvalue weighted by molar-refractivity contribution is 0.289. The number of ether oxygens (including phenoxy) is 2. The monoisotopic (exact) mass is 280 g/mol. The van der Waals surface area contributed by atoms with Gasteiger partial charge in [0.1, 0.15) is 11.5 Å². The number of hydrogen-bond donors (Lipinski definition) is 1. The van der Waals surface area contributed by atoms with Crippen LogP contribution in [0.25, 0.3) is 0 Å². The van der Waals surface area contributed by atoms with Crippen molar-refractivity contribution in [2.45, 2.75) is 26.3 Å². The van der Waals surface area contributed by atoms with Crippen molar-refractivity contribution < 1.29 is 9.47 Å². The number of nitrogens with zero attached hydrogens (tertiary/aromatic N) is 1. The van der Waals surface area contributed by atoms with E-state index < -0.39 is 0 Å². The molecule has 0 saturated heterocycles. The van der Waals surface area contributed by atoms with Gasteiger partial charge in [0.2, 0.25) is 0 Å². The molecule has 0 aliphatic heterocycles. The molecular formula is C16H28N2O2. The minimum absolute atomic E-state index is 0.0859. The standard InChI is InChI=1S/C16H28N2O2/c1-12(2)8-9-18(3)11-15(17)14-10-13(19-4)6-7-16(14)20-5/h6-7,10,12,15H,8-9,11,17H2,1-5H3. The Morgan fingerprint density at radius 2 is 1.90 bits per heavy atom. The van der Waals surface area contributed by atoms with Crippen molar-refractivity contribution in [3.05, 3.63) is 23.8 Å². The highest BCUT2D eigenvalue weighted by atomic mass is 16.5. The van der Waals surface area contributed by atoms with E-state index in [1.54, 1.807) is 14.2 Å². The third kappa shape index (κ3) is 5.02. The van der Waals surface area contributed by atoms with Crippen LogP contribution in [-0.2, 0) is 0 Å². The third-order valence-electron chi connectivity index (χ3n) is 3.43. The van der Waals surface area contributed by atoms with Crippen LogP contribution in [0.4, 0.5) is 0 Å². The van der Waals surface area contributed by atoms with Crippen molar-refractivity contribution in [2.24, 2.45) is 11.7 Å². The minimum atomic E-state index is -0.0859. The summed E-state index contributed by atoms with van der Waals surface area (Å²) in [6.45, 7) is 6.33. The van der Waals surface area contributed by atoms with E-state index in [0.29, 0.717) is 5.92 Å². The second-order valence-corrected chi connectivity index (χ2v) is 5.66. The molecule has 2 N–H and O–H groups in total. The van der Waals surface area contributed by atoms with Crippen LogP contribution < -0.4 is 15.2 Å². The molecule has 1 aromatic rings. The van der Waals surface area contributed by atoms with Gasteiger partial charge in [-0.15, -0.1) is 0 Å². The van der Waals surface area contributed by atoms with Gasteiger partial charge < -0.3 is 20.1 Å². The fourth-order valence-corrected chi connectivity index (χ4v) is 2.13. The van der Waals surface area contributed by atoms with Gasteiger partial charge >= 0.3 is 0 Å². The fourth-order valence-electron chi connectivity index (χ4n) is 2.13. The van der Waals surface area contributed by atoms with E-state index in [1.165, 1.54) is 6.42 Å². The zero-order valence-corrected chi connectivity index (χ0v) is 13.3. The first-order valence-corrected chi connectivity index (χ1v) is 7.14. The lowest BCUT2D eigenvalue weighted by Crippen LogP contribution is -2.30. The van der Waals surface area contributed by atoms with Gasteiger partial charge in [-0.3, -0.25) is 0 Å². The molecule has 1 atom stereocenters. The number of rotatable bonds is 8. The van der Waals surface area contributed by atoms with Crippen LogP contribution in [0.1, 0.15) is 31.9 Å². The zero-order chi connectivity index (χ0) is 15.1. The Balaban J connectivity index is 2.72. The van der Waals surface area contributed by atoms with Gasteiger partial charge in [-0.05, 0) is 44.1 Å². The number of nitrogens with two attached hydrogens (primary N) is 1. The molecular weight excluding hydrogens is 252 g/mol. The van der Waals surface area contributed by atoms with Gasteiger partial charge in [-0.25, -0.2) is 0 Å². The van der Waals surface area contributed by atoms with Crippen LogP contribution in [0.5, 0.6) is 11.5 Å². The maximum Gasteiger partial charge on any atom is 0.123 e. The van der Waals surface area contributed by atoms with Crippen molar-refractivity contribution in [2.75, 3.05) is 34.4 Å². The van der Waals surface area contributed by atoms with Gasteiger partial charge in [-0.2, -0.15) is 0 Å². The maximum atomic E-state index is 6.33. The molecule has 0 bridgehead atoms. The largest absolute Gasteiger partial charge is 0.497 e. The molecule has 1 aromatic carbocycles. The first kappa shape index (κ1) is 16.8. The summed E-state index contributed by atoms with van der Waals surface area (Å²) < 4.78 is 10.7. The first-order chi connectivity index (χ1) is 9.47. The summed E-state index contributed by atoms with van der Waals surface area (Å²) in [6, 6.07) is 5.66. The normalized spacial score (nSPS) is 12.8. The van der Waals surface area contributed by atoms with E-state index in [9.17, 15) is 0 Å². The van der Waals surface area contributed by atoms with E-state index in [4.69, 9.17) is 15.2 Å². The Bertz CT molecular complexity index is 407. The zero-order valence-electron chi connectivity index (χ0n) is 13.3. The molecule has 1 rings (SSSR count). The highest BCUT2D eigenvalue weighted by Crippen LogP contribution is 2.28. The van der Waals surface area contributed by atoms with E-state index in [2.05, 4.69) is 25.8 Å². The first-order valence-electron chi connectivity index (χ1n) is 7.14. The predicted octanol–water partition coefficient (Wildman–Crippen LogP) is 2.68. The highest BCUT2D eigenvalue weighted by Gasteiger charge is 2.15. The average molecular weight is 280 g/mol. The van der Waals surface area contributed by atoms with Gasteiger partial charge in [-0.1, -0.05) is 13.8 Å². The molecule has 0 aliphatic rings. The topological polar surface area (TPSA) is 47.7 Å². The van der Waals surface area contributed by atoms with Crippen molar-refractivity contribution in [1.29, 1.82) is 0 Å². The van der Waals surface area contributed by atoms with Gasteiger partial charge in [0, 0.05) is 18.2 Å². The molecule has 0 spiro atoms. The summed E-state index contributed by atoms with van der Waals surface area (Å²) in [5.74, 6) is 2.33. The molecule has 4 nitrogen and oxygen atoms in total. The smallest absolute Gasteiger partial charge is 0.123 e. The molecule has 0 radical (unpaired) electrons. The van der Waals surface area contributed by atoms with Crippen molar-refractivity contribution in [3.8, 4) is 11.5 Å². The Kier molecular flexibility index (Phi) is 6.82. The van der Waals surface area contributed by atoms with Crippen LogP contribution >= 0.6 is 0 Å². The number of hydrogen-bond acceptors (Lipinski definition) is 4. The lowest BCUT2D eigenvalue weighted by Gasteiger charge is -2.23. The second-order valence-electron chi connectivity index (χ2n) is 5.66. The predicted molar refractivity (Wildman–Crippen MR) is 83.4 cm³/mol. The van der Waals surface area contributed by atoms with E-state index >= 15 is 0 Å². The summed E-state index contributed by atoms with van der Waals surface area (Å²) >= 11 is 0. The molecule has 0 amide bonds. The maximum absolute atomic E-state index is 6.33. The Hall–Kier alpha value is -1.26. The summed E-state index contributed by atoms with van der Waals surface area (Å²) in [5, 5.41) is 0. The second kappa shape index (κ2) is 8.12. The minimum Gasteiger partial charge on any atom is -0.497 e. The van der Waals surface area contributed by atoms with Crippen LogP contribution in [0.2, 0.25) is 0 Å². The molecule has 4 heteroatoms. The third-order valence-corrected chi connectivity index (χ3v) is 3.43. The average Bonchev–Trinajstić information content (AvgIpc) is 2.44. The van der Waals surface area contributed by atoms with Gasteiger partial charge in [0.15, 0.2) is 0 Å². The van der Waals surface area contributed by atoms with Gasteiger partial charge in [0.25, 0.3) is 0 Å². The van der Waals surface area contributed by atoms with Crippen LogP contribution in [0.15, 0.2) is 18.2 Å². The SMILES string of the molecule is COc1ccc(OC)c(C(N)CN(C)CCC(C)C)c1. The number of methoxy groups -OCH3 is 2. The van der Waals surface area contributed by atoms with Crippen LogP contribution in [-0.4, -0.2) is 39.3 Å². The molecule has 0 saturated carbocycles. The van der Waals surface area contributed by atoms with Crippen molar-refractivity contribution in [3.63, 3.8) is 0 Å². The Labute approximate surface area is 122 Å². The summed E-state index contributed by atoms with van der Waals surface area (Å²) in [6.07, 6.45) is 1.18. The highest BCUT2D eigenvalue weighted by molar-refractivity contribution is 5.42. The van der Waals surface area contributed by atoms with E-state index in [1.807, 2.05) is 18.2 Å². The van der Waals surface area contributed by atoms with Crippen LogP contribution in [0, 0.1) is 5.92 Å². The molecule has 20 heavy (non-hydrogen) atoms. The van der Waals surface area contributed by atoms with E-state index in [-0.39, 0.29) is 6.04 Å². The van der Waals surface area contributed by atoms with Crippen molar-refractivity contribution >= 4 is 0 Å². The summed E-state index contributed by atoms with van der Waals surface area (Å²) in [5.41, 5.74) is 7.31.